The van der Waals surface area contributed by atoms with E-state index in [1.807, 2.05) is 5.10 Å². The third-order valence-electron chi connectivity index (χ3n) is 2.30. The van der Waals surface area contributed by atoms with Gasteiger partial charge >= 0.3 is 6.18 Å². The van der Waals surface area contributed by atoms with Crippen molar-refractivity contribution in [2.75, 3.05) is 0 Å². The van der Waals surface area contributed by atoms with E-state index in [4.69, 9.17) is 10.8 Å². The van der Waals surface area contributed by atoms with E-state index in [1.54, 1.807) is 0 Å². The van der Waals surface area contributed by atoms with E-state index in [0.717, 1.165) is 17.0 Å². The molecule has 18 heavy (non-hydrogen) atoms. The minimum Gasteiger partial charge on any atom is -0.292 e. The molecule has 2 heterocycles. The summed E-state index contributed by atoms with van der Waals surface area (Å²) in [6.45, 7) is 0. The smallest absolute Gasteiger partial charge is 0.292 e. The summed E-state index contributed by atoms with van der Waals surface area (Å²) >= 11 is 0. The Balaban J connectivity index is 2.46. The lowest BCUT2D eigenvalue weighted by atomic mass is 10.2. The number of aromatic nitrogens is 3. The number of alkyl halides is 3. The van der Waals surface area contributed by atoms with Crippen LogP contribution in [0.1, 0.15) is 5.69 Å². The SMILES string of the molecule is N=Cn1cc(-c2cc(C(F)(F)F)[nH]n2)ccc1=N. The number of pyridine rings is 1. The molecule has 8 heteroatoms. The van der Waals surface area contributed by atoms with Gasteiger partial charge in [0.15, 0.2) is 0 Å². The molecule has 0 aliphatic rings. The van der Waals surface area contributed by atoms with Gasteiger partial charge in [0.1, 0.15) is 11.2 Å². The predicted molar refractivity (Wildman–Crippen MR) is 57.1 cm³/mol. The zero-order valence-electron chi connectivity index (χ0n) is 8.92. The molecule has 2 aromatic rings. The predicted octanol–water partition coefficient (Wildman–Crippen LogP) is 1.83. The molecule has 0 radical (unpaired) electrons. The summed E-state index contributed by atoms with van der Waals surface area (Å²) in [6.07, 6.45) is -2.22. The van der Waals surface area contributed by atoms with Crippen LogP contribution >= 0.6 is 0 Å². The monoisotopic (exact) mass is 255 g/mol. The van der Waals surface area contributed by atoms with E-state index in [-0.39, 0.29) is 11.2 Å². The third kappa shape index (κ3) is 2.17. The highest BCUT2D eigenvalue weighted by Gasteiger charge is 2.33. The van der Waals surface area contributed by atoms with E-state index in [9.17, 15) is 13.2 Å². The van der Waals surface area contributed by atoms with Gasteiger partial charge < -0.3 is 0 Å². The van der Waals surface area contributed by atoms with E-state index in [1.165, 1.54) is 18.3 Å². The number of nitrogens with zero attached hydrogens (tertiary/aromatic N) is 2. The van der Waals surface area contributed by atoms with Crippen molar-refractivity contribution in [3.05, 3.63) is 35.6 Å². The van der Waals surface area contributed by atoms with Crippen molar-refractivity contribution >= 4 is 6.34 Å². The van der Waals surface area contributed by atoms with Crippen molar-refractivity contribution in [1.82, 2.24) is 14.8 Å². The largest absolute Gasteiger partial charge is 0.432 e. The van der Waals surface area contributed by atoms with E-state index in [2.05, 4.69) is 5.10 Å². The number of halogens is 3. The third-order valence-corrected chi connectivity index (χ3v) is 2.30. The van der Waals surface area contributed by atoms with Gasteiger partial charge in [-0.15, -0.1) is 0 Å². The van der Waals surface area contributed by atoms with Crippen LogP contribution in [0.5, 0.6) is 0 Å². The molecule has 0 aromatic carbocycles. The van der Waals surface area contributed by atoms with Gasteiger partial charge in [-0.25, -0.2) is 0 Å². The minimum atomic E-state index is -4.47. The molecule has 0 spiro atoms. The lowest BCUT2D eigenvalue weighted by molar-refractivity contribution is -0.141. The standard InChI is InChI=1S/C10H8F3N5/c11-10(12,13)8-3-7(16-17-8)6-1-2-9(15)18(4-6)5-14/h1-5,14-15H,(H,16,17). The van der Waals surface area contributed by atoms with E-state index < -0.39 is 11.9 Å². The van der Waals surface area contributed by atoms with Crippen LogP contribution in [-0.2, 0) is 6.18 Å². The highest BCUT2D eigenvalue weighted by molar-refractivity contribution is 5.62. The highest BCUT2D eigenvalue weighted by Crippen LogP contribution is 2.29. The molecule has 0 amide bonds. The van der Waals surface area contributed by atoms with Gasteiger partial charge in [-0.2, -0.15) is 18.3 Å². The Hall–Kier alpha value is -2.38. The number of hydrogen-bond acceptors (Lipinski definition) is 3. The second kappa shape index (κ2) is 4.13. The Labute approximate surface area is 98.9 Å². The second-order valence-electron chi connectivity index (χ2n) is 3.50. The van der Waals surface area contributed by atoms with Crippen LogP contribution in [0.4, 0.5) is 13.2 Å². The molecule has 0 fully saturated rings. The number of aromatic amines is 1. The molecule has 2 aromatic heterocycles. The van der Waals surface area contributed by atoms with Crippen molar-refractivity contribution in [3.8, 4) is 11.3 Å². The quantitative estimate of drug-likeness (QED) is 0.555. The van der Waals surface area contributed by atoms with Crippen molar-refractivity contribution in [2.24, 2.45) is 0 Å². The number of rotatable bonds is 2. The number of hydrogen-bond donors (Lipinski definition) is 3. The topological polar surface area (TPSA) is 81.3 Å². The summed E-state index contributed by atoms with van der Waals surface area (Å²) in [6, 6.07) is 3.73. The fraction of sp³-hybridized carbons (Fsp3) is 0.100. The van der Waals surface area contributed by atoms with Crippen molar-refractivity contribution in [1.29, 1.82) is 10.8 Å². The van der Waals surface area contributed by atoms with Gasteiger partial charge in [-0.05, 0) is 18.2 Å². The first-order chi connectivity index (χ1) is 8.41. The molecule has 0 saturated carbocycles. The molecule has 2 rings (SSSR count). The average Bonchev–Trinajstić information content (AvgIpc) is 2.78. The molecule has 94 valence electrons. The van der Waals surface area contributed by atoms with Gasteiger partial charge in [0.2, 0.25) is 0 Å². The summed E-state index contributed by atoms with van der Waals surface area (Å²) in [4.78, 5) is 0. The fourth-order valence-electron chi connectivity index (χ4n) is 1.39. The summed E-state index contributed by atoms with van der Waals surface area (Å²) in [5.41, 5.74) is -0.381. The van der Waals surface area contributed by atoms with Crippen LogP contribution in [0, 0.1) is 10.8 Å². The molecule has 0 aliphatic carbocycles. The van der Waals surface area contributed by atoms with Gasteiger partial charge in [-0.1, -0.05) is 0 Å². The van der Waals surface area contributed by atoms with Gasteiger partial charge in [0.05, 0.1) is 12.0 Å². The van der Waals surface area contributed by atoms with Crippen LogP contribution in [-0.4, -0.2) is 21.1 Å². The first kappa shape index (κ1) is 12.1. The number of nitrogens with one attached hydrogen (secondary N) is 3. The Morgan fingerprint density at radius 3 is 2.61 bits per heavy atom. The summed E-state index contributed by atoms with van der Waals surface area (Å²) in [7, 11) is 0. The van der Waals surface area contributed by atoms with Gasteiger partial charge in [-0.3, -0.25) is 20.5 Å². The van der Waals surface area contributed by atoms with Crippen LogP contribution in [0.25, 0.3) is 11.3 Å². The molecule has 0 unspecified atom stereocenters. The molecular formula is C10H8F3N5. The van der Waals surface area contributed by atoms with Crippen molar-refractivity contribution in [2.45, 2.75) is 6.18 Å². The molecule has 3 N–H and O–H groups in total. The van der Waals surface area contributed by atoms with Gasteiger partial charge in [0, 0.05) is 11.8 Å². The van der Waals surface area contributed by atoms with Crippen LogP contribution < -0.4 is 5.49 Å². The fourth-order valence-corrected chi connectivity index (χ4v) is 1.39. The first-order valence-electron chi connectivity index (χ1n) is 4.82. The Kier molecular flexibility index (Phi) is 2.77. The molecular weight excluding hydrogens is 247 g/mol. The van der Waals surface area contributed by atoms with Crippen LogP contribution in [0.2, 0.25) is 0 Å². The Morgan fingerprint density at radius 1 is 1.33 bits per heavy atom. The van der Waals surface area contributed by atoms with Crippen molar-refractivity contribution in [3.63, 3.8) is 0 Å². The zero-order valence-corrected chi connectivity index (χ0v) is 8.92. The molecule has 0 saturated heterocycles. The Bertz CT molecular complexity index is 637. The molecule has 0 bridgehead atoms. The molecule has 0 atom stereocenters. The maximum absolute atomic E-state index is 12.4. The molecule has 0 aliphatic heterocycles. The van der Waals surface area contributed by atoms with E-state index in [0.29, 0.717) is 5.56 Å². The zero-order chi connectivity index (χ0) is 13.3. The second-order valence-corrected chi connectivity index (χ2v) is 3.50. The number of H-pyrrole nitrogens is 1. The summed E-state index contributed by atoms with van der Waals surface area (Å²) in [5, 5.41) is 20.0. The van der Waals surface area contributed by atoms with E-state index >= 15 is 0 Å². The maximum atomic E-state index is 12.4. The minimum absolute atomic E-state index is 0.0559. The lowest BCUT2D eigenvalue weighted by Crippen LogP contribution is -2.17. The average molecular weight is 255 g/mol. The lowest BCUT2D eigenvalue weighted by Gasteiger charge is -2.01. The summed E-state index contributed by atoms with van der Waals surface area (Å²) in [5.74, 6) is 0. The van der Waals surface area contributed by atoms with Crippen LogP contribution in [0.15, 0.2) is 24.4 Å². The highest BCUT2D eigenvalue weighted by atomic mass is 19.4. The normalized spacial score (nSPS) is 11.5. The van der Waals surface area contributed by atoms with Crippen LogP contribution in [0.3, 0.4) is 0 Å². The van der Waals surface area contributed by atoms with Gasteiger partial charge in [0.25, 0.3) is 0 Å². The Morgan fingerprint density at radius 2 is 2.06 bits per heavy atom. The maximum Gasteiger partial charge on any atom is 0.432 e. The molecule has 5 nitrogen and oxygen atoms in total. The summed E-state index contributed by atoms with van der Waals surface area (Å²) < 4.78 is 38.3. The first-order valence-corrected chi connectivity index (χ1v) is 4.82. The van der Waals surface area contributed by atoms with Crippen molar-refractivity contribution < 1.29 is 13.2 Å².